The van der Waals surface area contributed by atoms with Crippen LogP contribution in [-0.2, 0) is 11.3 Å². The number of halogens is 4. The molecule has 1 aromatic heterocycles. The average Bonchev–Trinajstić information content (AvgIpc) is 3.06. The lowest BCUT2D eigenvalue weighted by Gasteiger charge is -2.41. The average molecular weight is 641 g/mol. The number of nitrogens with one attached hydrogen (secondary N) is 2. The molecule has 2 atom stereocenters. The Labute approximate surface area is 264 Å². The smallest absolute Gasteiger partial charge is 0.408 e. The highest BCUT2D eigenvalue weighted by Crippen LogP contribution is 2.38. The van der Waals surface area contributed by atoms with Gasteiger partial charge in [0, 0.05) is 42.4 Å². The molecule has 1 aliphatic carbocycles. The molecule has 2 fully saturated rings. The van der Waals surface area contributed by atoms with Gasteiger partial charge in [0.2, 0.25) is 11.9 Å². The molecule has 5 rings (SSSR count). The van der Waals surface area contributed by atoms with Crippen LogP contribution in [0.4, 0.5) is 29.3 Å². The first-order chi connectivity index (χ1) is 22.1. The molecule has 2 aromatic carbocycles. The van der Waals surface area contributed by atoms with E-state index in [1.807, 2.05) is 0 Å². The summed E-state index contributed by atoms with van der Waals surface area (Å²) in [6, 6.07) is 10.3. The lowest BCUT2D eigenvalue weighted by molar-refractivity contribution is -0.156. The van der Waals surface area contributed by atoms with Crippen LogP contribution < -0.4 is 25.0 Å². The maximum Gasteiger partial charge on any atom is 0.408 e. The Morgan fingerprint density at radius 3 is 2.48 bits per heavy atom. The molecule has 0 unspecified atom stereocenters. The van der Waals surface area contributed by atoms with Crippen LogP contribution in [0.1, 0.15) is 56.1 Å². The standard InChI is InChI=1S/C33H36F4N6O3/c1-45-25-12-10-22(28(15-25)46-2)18-39-32-41-27(20-8-9-21(17-38)26(34)14-20)16-30(42-32)43-19-23(11-13-29(43)33(35,36)37)31(44)40-24-6-4-3-5-7-24/h8-10,12,14-16,23-24,29H,3-7,11,13,18-19H2,1-2H3,(H,40,44)(H,39,41,42)/t23-,29-/m1/s1. The van der Waals surface area contributed by atoms with Gasteiger partial charge in [-0.3, -0.25) is 4.79 Å². The van der Waals surface area contributed by atoms with Gasteiger partial charge in [0.1, 0.15) is 35.2 Å². The SMILES string of the molecule is COc1ccc(CNc2nc(-c3ccc(C#N)c(F)c3)cc(N3C[C@H](C(=O)NC4CCCCC4)CC[C@@H]3C(F)(F)F)n2)c(OC)c1. The van der Waals surface area contributed by atoms with Crippen molar-refractivity contribution in [2.45, 2.75) is 69.8 Å². The van der Waals surface area contributed by atoms with Crippen molar-refractivity contribution in [3.63, 3.8) is 0 Å². The lowest BCUT2D eigenvalue weighted by atomic mass is 9.90. The molecular weight excluding hydrogens is 604 g/mol. The summed E-state index contributed by atoms with van der Waals surface area (Å²) in [4.78, 5) is 23.3. The number of alkyl halides is 3. The molecule has 3 aromatic rings. The number of hydrogen-bond acceptors (Lipinski definition) is 8. The first-order valence-corrected chi connectivity index (χ1v) is 15.3. The fourth-order valence-electron chi connectivity index (χ4n) is 6.09. The normalized spacial score (nSPS) is 18.8. The second kappa shape index (κ2) is 14.2. The van der Waals surface area contributed by atoms with Crippen molar-refractivity contribution in [2.75, 3.05) is 31.0 Å². The van der Waals surface area contributed by atoms with Crippen LogP contribution >= 0.6 is 0 Å². The number of amides is 1. The predicted molar refractivity (Wildman–Crippen MR) is 164 cm³/mol. The molecule has 2 aliphatic rings. The Hall–Kier alpha value is -4.60. The van der Waals surface area contributed by atoms with E-state index in [4.69, 9.17) is 9.47 Å². The maximum absolute atomic E-state index is 14.6. The van der Waals surface area contributed by atoms with Gasteiger partial charge in [-0.25, -0.2) is 9.37 Å². The number of hydrogen-bond donors (Lipinski definition) is 2. The van der Waals surface area contributed by atoms with E-state index in [1.165, 1.54) is 32.4 Å². The summed E-state index contributed by atoms with van der Waals surface area (Å²) in [5.74, 6) is -0.701. The second-order valence-electron chi connectivity index (χ2n) is 11.6. The Kier molecular flexibility index (Phi) is 10.1. The number of benzene rings is 2. The van der Waals surface area contributed by atoms with Crippen molar-refractivity contribution < 1.29 is 31.8 Å². The monoisotopic (exact) mass is 640 g/mol. The van der Waals surface area contributed by atoms with E-state index in [2.05, 4.69) is 20.6 Å². The van der Waals surface area contributed by atoms with Gasteiger partial charge in [-0.1, -0.05) is 25.3 Å². The van der Waals surface area contributed by atoms with Crippen LogP contribution in [0.25, 0.3) is 11.3 Å². The highest BCUT2D eigenvalue weighted by molar-refractivity contribution is 5.80. The largest absolute Gasteiger partial charge is 0.497 e. The van der Waals surface area contributed by atoms with Gasteiger partial charge in [-0.15, -0.1) is 0 Å². The quantitative estimate of drug-likeness (QED) is 0.259. The number of ether oxygens (including phenoxy) is 2. The summed E-state index contributed by atoms with van der Waals surface area (Å²) in [5.41, 5.74) is 0.918. The minimum atomic E-state index is -4.60. The van der Waals surface area contributed by atoms with Gasteiger partial charge in [0.05, 0.1) is 31.4 Å². The number of methoxy groups -OCH3 is 2. The van der Waals surface area contributed by atoms with Gasteiger partial charge in [0.15, 0.2) is 0 Å². The number of anilines is 2. The topological polar surface area (TPSA) is 112 Å². The summed E-state index contributed by atoms with van der Waals surface area (Å²) in [7, 11) is 3.03. The second-order valence-corrected chi connectivity index (χ2v) is 11.6. The van der Waals surface area contributed by atoms with Crippen molar-refractivity contribution in [3.05, 3.63) is 59.4 Å². The fourth-order valence-corrected chi connectivity index (χ4v) is 6.09. The molecule has 0 spiro atoms. The third-order valence-corrected chi connectivity index (χ3v) is 8.61. The van der Waals surface area contributed by atoms with Crippen LogP contribution in [0.3, 0.4) is 0 Å². The van der Waals surface area contributed by atoms with E-state index >= 15 is 0 Å². The van der Waals surface area contributed by atoms with Crippen LogP contribution in [0, 0.1) is 23.1 Å². The van der Waals surface area contributed by atoms with Crippen molar-refractivity contribution in [1.82, 2.24) is 15.3 Å². The zero-order chi connectivity index (χ0) is 32.8. The summed E-state index contributed by atoms with van der Waals surface area (Å²) < 4.78 is 68.7. The van der Waals surface area contributed by atoms with E-state index in [1.54, 1.807) is 24.3 Å². The highest BCUT2D eigenvalue weighted by Gasteiger charge is 2.48. The van der Waals surface area contributed by atoms with Crippen molar-refractivity contribution in [2.24, 2.45) is 5.92 Å². The third kappa shape index (κ3) is 7.61. The Morgan fingerprint density at radius 2 is 1.80 bits per heavy atom. The summed E-state index contributed by atoms with van der Waals surface area (Å²) in [6.07, 6.45) is 0.0441. The number of carbonyl (C=O) groups is 1. The molecule has 2 N–H and O–H groups in total. The van der Waals surface area contributed by atoms with E-state index in [9.17, 15) is 27.6 Å². The molecule has 9 nitrogen and oxygen atoms in total. The molecule has 1 saturated heterocycles. The number of piperidine rings is 1. The van der Waals surface area contributed by atoms with Crippen molar-refractivity contribution in [3.8, 4) is 28.8 Å². The zero-order valence-corrected chi connectivity index (χ0v) is 25.7. The summed E-state index contributed by atoms with van der Waals surface area (Å²) in [6.45, 7) is -0.0560. The molecule has 0 bridgehead atoms. The van der Waals surface area contributed by atoms with Crippen LogP contribution in [0.15, 0.2) is 42.5 Å². The molecule has 13 heteroatoms. The van der Waals surface area contributed by atoms with Gasteiger partial charge < -0.3 is 25.0 Å². The number of carbonyl (C=O) groups excluding carboxylic acids is 1. The third-order valence-electron chi connectivity index (χ3n) is 8.61. The van der Waals surface area contributed by atoms with E-state index < -0.39 is 24.0 Å². The Morgan fingerprint density at radius 1 is 1.02 bits per heavy atom. The summed E-state index contributed by atoms with van der Waals surface area (Å²) in [5, 5.41) is 15.3. The minimum Gasteiger partial charge on any atom is -0.497 e. The molecule has 1 saturated carbocycles. The van der Waals surface area contributed by atoms with Crippen LogP contribution in [0.2, 0.25) is 0 Å². The maximum atomic E-state index is 14.6. The Bertz CT molecular complexity index is 1590. The number of aromatic nitrogens is 2. The molecule has 0 radical (unpaired) electrons. The first kappa shape index (κ1) is 32.8. The van der Waals surface area contributed by atoms with Crippen molar-refractivity contribution >= 4 is 17.7 Å². The molecule has 1 amide bonds. The van der Waals surface area contributed by atoms with Gasteiger partial charge in [0.25, 0.3) is 0 Å². The minimum absolute atomic E-state index is 0.00940. The molecule has 244 valence electrons. The molecule has 2 heterocycles. The highest BCUT2D eigenvalue weighted by atomic mass is 19.4. The summed E-state index contributed by atoms with van der Waals surface area (Å²) >= 11 is 0. The molecular formula is C33H36F4N6O3. The molecule has 46 heavy (non-hydrogen) atoms. The first-order valence-electron chi connectivity index (χ1n) is 15.3. The van der Waals surface area contributed by atoms with Crippen molar-refractivity contribution in [1.29, 1.82) is 5.26 Å². The molecule has 1 aliphatic heterocycles. The number of nitrogens with zero attached hydrogens (tertiary/aromatic N) is 4. The fraction of sp³-hybridized carbons (Fsp3) is 0.455. The van der Waals surface area contributed by atoms with E-state index in [0.717, 1.165) is 43.1 Å². The predicted octanol–water partition coefficient (Wildman–Crippen LogP) is 6.38. The van der Waals surface area contributed by atoms with E-state index in [-0.39, 0.29) is 66.5 Å². The number of nitriles is 1. The van der Waals surface area contributed by atoms with Gasteiger partial charge >= 0.3 is 6.18 Å². The van der Waals surface area contributed by atoms with E-state index in [0.29, 0.717) is 17.1 Å². The van der Waals surface area contributed by atoms with Crippen LogP contribution in [0.5, 0.6) is 11.5 Å². The number of rotatable bonds is 9. The van der Waals surface area contributed by atoms with Crippen LogP contribution in [-0.4, -0.2) is 54.9 Å². The van der Waals surface area contributed by atoms with Gasteiger partial charge in [-0.05, 0) is 49.9 Å². The zero-order valence-electron chi connectivity index (χ0n) is 25.7. The van der Waals surface area contributed by atoms with Gasteiger partial charge in [-0.2, -0.15) is 23.4 Å². The Balaban J connectivity index is 1.50. The lowest BCUT2D eigenvalue weighted by Crippen LogP contribution is -2.55.